The smallest absolute Gasteiger partial charge is 0.262 e. The lowest BCUT2D eigenvalue weighted by Gasteiger charge is -2.28. The average molecular weight is 387 g/mol. The number of amides is 1. The van der Waals surface area contributed by atoms with Crippen LogP contribution in [0, 0.1) is 17.2 Å². The molecule has 0 unspecified atom stereocenters. The Hall–Kier alpha value is -2.33. The summed E-state index contributed by atoms with van der Waals surface area (Å²) in [6.45, 7) is 11.1. The van der Waals surface area contributed by atoms with Crippen molar-refractivity contribution in [2.24, 2.45) is 5.92 Å². The van der Waals surface area contributed by atoms with Gasteiger partial charge < -0.3 is 5.32 Å². The molecule has 0 aliphatic carbocycles. The first-order valence-corrected chi connectivity index (χ1v) is 9.90. The van der Waals surface area contributed by atoms with Crippen LogP contribution in [0.4, 0.5) is 0 Å². The highest BCUT2D eigenvalue weighted by Crippen LogP contribution is 2.26. The molecule has 1 aromatic carbocycles. The van der Waals surface area contributed by atoms with Crippen LogP contribution in [0.2, 0.25) is 0 Å². The zero-order valence-corrected chi connectivity index (χ0v) is 17.4. The number of para-hydroxylation sites is 1. The highest BCUT2D eigenvalue weighted by Gasteiger charge is 2.32. The Morgan fingerprint density at radius 3 is 2.44 bits per heavy atom. The summed E-state index contributed by atoms with van der Waals surface area (Å²) < 4.78 is 1.61. The number of nitriles is 1. The number of carbonyl (C=O) groups excluding carboxylic acids is 1. The fraction of sp³-hybridized carbons (Fsp3) is 0.500. The zero-order chi connectivity index (χ0) is 20.4. The van der Waals surface area contributed by atoms with Gasteiger partial charge in [-0.25, -0.2) is 4.98 Å². The van der Waals surface area contributed by atoms with Gasteiger partial charge in [-0.05, 0) is 45.7 Å². The van der Waals surface area contributed by atoms with Gasteiger partial charge in [-0.15, -0.1) is 0 Å². The maximum absolute atomic E-state index is 12.9. The summed E-state index contributed by atoms with van der Waals surface area (Å²) in [6, 6.07) is 9.29. The summed E-state index contributed by atoms with van der Waals surface area (Å²) in [5, 5.41) is 12.8. The molecule has 0 spiro atoms. The first-order valence-electron chi connectivity index (χ1n) is 9.02. The van der Waals surface area contributed by atoms with Gasteiger partial charge in [-0.3, -0.25) is 14.2 Å². The minimum atomic E-state index is -0.944. The maximum Gasteiger partial charge on any atom is 0.262 e. The predicted molar refractivity (Wildman–Crippen MR) is 109 cm³/mol. The number of nitrogens with one attached hydrogen (secondary N) is 1. The molecule has 27 heavy (non-hydrogen) atoms. The number of rotatable bonds is 6. The molecular formula is C20H26N4O2S. The number of hydrogen-bond donors (Lipinski definition) is 1. The van der Waals surface area contributed by atoms with E-state index in [1.54, 1.807) is 30.5 Å². The van der Waals surface area contributed by atoms with E-state index in [0.29, 0.717) is 16.1 Å². The van der Waals surface area contributed by atoms with Crippen LogP contribution >= 0.6 is 11.8 Å². The van der Waals surface area contributed by atoms with Crippen molar-refractivity contribution >= 4 is 28.6 Å². The third-order valence-corrected chi connectivity index (χ3v) is 5.78. The lowest BCUT2D eigenvalue weighted by atomic mass is 9.90. The molecule has 0 aliphatic rings. The van der Waals surface area contributed by atoms with Gasteiger partial charge in [0, 0.05) is 6.04 Å². The van der Waals surface area contributed by atoms with Gasteiger partial charge in [-0.2, -0.15) is 5.26 Å². The molecule has 1 amide bonds. The first kappa shape index (κ1) is 21.0. The van der Waals surface area contributed by atoms with Crippen LogP contribution < -0.4 is 10.9 Å². The van der Waals surface area contributed by atoms with Crippen LogP contribution in [0.1, 0.15) is 47.6 Å². The van der Waals surface area contributed by atoms with Crippen molar-refractivity contribution in [1.29, 1.82) is 5.26 Å². The number of hydrogen-bond acceptors (Lipinski definition) is 5. The van der Waals surface area contributed by atoms with E-state index < -0.39 is 10.8 Å². The molecule has 0 saturated heterocycles. The average Bonchev–Trinajstić information content (AvgIpc) is 2.61. The molecule has 0 aliphatic heterocycles. The SMILES string of the molecule is CC(C)n1c(S[C@@H](C)C(=O)N[C@](C)(C#N)C(C)C)nc2ccccc2c1=O. The van der Waals surface area contributed by atoms with Crippen LogP contribution in [0.5, 0.6) is 0 Å². The van der Waals surface area contributed by atoms with Gasteiger partial charge in [0.15, 0.2) is 5.16 Å². The number of thioether (sulfide) groups is 1. The number of carbonyl (C=O) groups is 1. The Bertz CT molecular complexity index is 945. The molecule has 7 heteroatoms. The molecule has 1 N–H and O–H groups in total. The monoisotopic (exact) mass is 386 g/mol. The van der Waals surface area contributed by atoms with E-state index >= 15 is 0 Å². The van der Waals surface area contributed by atoms with E-state index in [1.165, 1.54) is 11.8 Å². The third kappa shape index (κ3) is 4.33. The summed E-state index contributed by atoms with van der Waals surface area (Å²) in [6.07, 6.45) is 0. The Kier molecular flexibility index (Phi) is 6.32. The highest BCUT2D eigenvalue weighted by molar-refractivity contribution is 8.00. The number of aromatic nitrogens is 2. The highest BCUT2D eigenvalue weighted by atomic mass is 32.2. The molecule has 6 nitrogen and oxygen atoms in total. The molecule has 2 aromatic rings. The second kappa shape index (κ2) is 8.13. The van der Waals surface area contributed by atoms with Gasteiger partial charge in [0.1, 0.15) is 5.54 Å². The number of fused-ring (bicyclic) bond motifs is 1. The largest absolute Gasteiger partial charge is 0.337 e. The van der Waals surface area contributed by atoms with Gasteiger partial charge in [-0.1, -0.05) is 37.7 Å². The van der Waals surface area contributed by atoms with E-state index in [-0.39, 0.29) is 23.4 Å². The van der Waals surface area contributed by atoms with Crippen molar-refractivity contribution in [2.75, 3.05) is 0 Å². The maximum atomic E-state index is 12.9. The van der Waals surface area contributed by atoms with Gasteiger partial charge >= 0.3 is 0 Å². The topological polar surface area (TPSA) is 87.8 Å². The Balaban J connectivity index is 2.37. The molecule has 0 radical (unpaired) electrons. The van der Waals surface area contributed by atoms with Gasteiger partial charge in [0.25, 0.3) is 5.56 Å². The van der Waals surface area contributed by atoms with Crippen LogP contribution in [0.3, 0.4) is 0 Å². The fourth-order valence-corrected chi connectivity index (χ4v) is 3.58. The van der Waals surface area contributed by atoms with Crippen molar-refractivity contribution in [3.05, 3.63) is 34.6 Å². The van der Waals surface area contributed by atoms with Crippen molar-refractivity contribution in [1.82, 2.24) is 14.9 Å². The summed E-state index contributed by atoms with van der Waals surface area (Å²) in [7, 11) is 0. The molecule has 1 aromatic heterocycles. The van der Waals surface area contributed by atoms with Crippen molar-refractivity contribution in [3.63, 3.8) is 0 Å². The van der Waals surface area contributed by atoms with E-state index in [0.717, 1.165) is 0 Å². The Labute approximate surface area is 164 Å². The second-order valence-corrected chi connectivity index (χ2v) is 8.71. The van der Waals surface area contributed by atoms with Crippen molar-refractivity contribution < 1.29 is 4.79 Å². The van der Waals surface area contributed by atoms with Crippen LogP contribution in [0.25, 0.3) is 10.9 Å². The standard InChI is InChI=1S/C20H26N4O2S/c1-12(2)20(6,11-21)23-17(25)14(5)27-19-22-16-10-8-7-9-15(16)18(26)24(19)13(3)4/h7-10,12-14H,1-6H3,(H,23,25)/t14-,20+/m0/s1. The minimum absolute atomic E-state index is 0.0312. The molecule has 2 rings (SSSR count). The van der Waals surface area contributed by atoms with E-state index in [4.69, 9.17) is 0 Å². The van der Waals surface area contributed by atoms with E-state index in [9.17, 15) is 14.9 Å². The molecule has 1 heterocycles. The number of nitrogens with zero attached hydrogens (tertiary/aromatic N) is 3. The fourth-order valence-electron chi connectivity index (χ4n) is 2.53. The molecule has 0 bridgehead atoms. The lowest BCUT2D eigenvalue weighted by molar-refractivity contribution is -0.121. The summed E-state index contributed by atoms with van der Waals surface area (Å²) in [4.78, 5) is 30.1. The molecule has 144 valence electrons. The minimum Gasteiger partial charge on any atom is -0.337 e. The summed E-state index contributed by atoms with van der Waals surface area (Å²) >= 11 is 1.23. The van der Waals surface area contributed by atoms with Crippen LogP contribution in [0.15, 0.2) is 34.2 Å². The number of benzene rings is 1. The van der Waals surface area contributed by atoms with Crippen molar-refractivity contribution in [2.45, 2.75) is 63.5 Å². The summed E-state index contributed by atoms with van der Waals surface area (Å²) in [5.74, 6) is -0.285. The summed E-state index contributed by atoms with van der Waals surface area (Å²) in [5.41, 5.74) is -0.450. The molecule has 0 saturated carbocycles. The molecule has 2 atom stereocenters. The molecular weight excluding hydrogens is 360 g/mol. The van der Waals surface area contributed by atoms with Crippen molar-refractivity contribution in [3.8, 4) is 6.07 Å². The van der Waals surface area contributed by atoms with Gasteiger partial charge in [0.2, 0.25) is 5.91 Å². The predicted octanol–water partition coefficient (Wildman–Crippen LogP) is 3.51. The van der Waals surface area contributed by atoms with E-state index in [2.05, 4.69) is 16.4 Å². The Morgan fingerprint density at radius 2 is 1.89 bits per heavy atom. The third-order valence-electron chi connectivity index (χ3n) is 4.71. The first-order chi connectivity index (χ1) is 12.6. The Morgan fingerprint density at radius 1 is 1.26 bits per heavy atom. The zero-order valence-electron chi connectivity index (χ0n) is 16.6. The second-order valence-electron chi connectivity index (χ2n) is 7.40. The van der Waals surface area contributed by atoms with E-state index in [1.807, 2.05) is 39.8 Å². The quantitative estimate of drug-likeness (QED) is 0.606. The molecule has 0 fully saturated rings. The lowest BCUT2D eigenvalue weighted by Crippen LogP contribution is -2.51. The van der Waals surface area contributed by atoms with Crippen LogP contribution in [-0.2, 0) is 4.79 Å². The van der Waals surface area contributed by atoms with Crippen LogP contribution in [-0.4, -0.2) is 26.2 Å². The van der Waals surface area contributed by atoms with Gasteiger partial charge in [0.05, 0.1) is 22.2 Å². The normalized spacial score (nSPS) is 14.8.